The highest BCUT2D eigenvalue weighted by molar-refractivity contribution is 7.79. The molecule has 0 bridgehead atoms. The summed E-state index contributed by atoms with van der Waals surface area (Å²) in [5.41, 5.74) is 4.62. The van der Waals surface area contributed by atoms with Gasteiger partial charge in [-0.25, -0.2) is 0 Å². The second-order valence-electron chi connectivity index (χ2n) is 17.6. The van der Waals surface area contributed by atoms with E-state index in [1.54, 1.807) is 38.5 Å². The van der Waals surface area contributed by atoms with Crippen LogP contribution >= 0.6 is 7.26 Å². The molecule has 0 unspecified atom stereocenters. The molecule has 3 saturated carbocycles. The molecule has 206 valence electrons. The average molecular weight is 506 g/mol. The Morgan fingerprint density at radius 2 is 0.543 bits per heavy atom. The summed E-state index contributed by atoms with van der Waals surface area (Å²) in [4.78, 5) is 0. The highest BCUT2D eigenvalue weighted by Crippen LogP contribution is 2.84. The van der Waals surface area contributed by atoms with Gasteiger partial charge in [-0.2, -0.15) is 0 Å². The molecule has 0 spiro atoms. The maximum Gasteiger partial charge on any atom is 0.0723 e. The fourth-order valence-electron chi connectivity index (χ4n) is 9.64. The molecule has 0 nitrogen and oxygen atoms in total. The second kappa shape index (κ2) is 10.5. The summed E-state index contributed by atoms with van der Waals surface area (Å²) in [5, 5.41) is 0.505. The Bertz CT molecular complexity index is 568. The van der Waals surface area contributed by atoms with Crippen molar-refractivity contribution in [2.45, 2.75) is 182 Å². The summed E-state index contributed by atoms with van der Waals surface area (Å²) in [7, 11) is -1.14. The van der Waals surface area contributed by atoms with Crippen molar-refractivity contribution in [2.24, 2.45) is 34.0 Å². The van der Waals surface area contributed by atoms with Gasteiger partial charge < -0.3 is 0 Å². The molecule has 0 N–H and O–H groups in total. The molecule has 3 aliphatic rings. The smallest absolute Gasteiger partial charge is 0.0599 e. The number of hydrogen-bond donors (Lipinski definition) is 0. The van der Waals surface area contributed by atoms with E-state index in [2.05, 4.69) is 83.1 Å². The van der Waals surface area contributed by atoms with Crippen LogP contribution in [-0.2, 0) is 0 Å². The Kier molecular flexibility index (Phi) is 9.02. The summed E-state index contributed by atoms with van der Waals surface area (Å²) in [6, 6.07) is 0. The molecule has 0 amide bonds. The minimum atomic E-state index is -1.14. The maximum absolute atomic E-state index is 2.72. The van der Waals surface area contributed by atoms with E-state index < -0.39 is 7.26 Å². The van der Waals surface area contributed by atoms with Gasteiger partial charge in [0.25, 0.3) is 0 Å². The Balaban J connectivity index is 1.94. The predicted octanol–water partition coefficient (Wildman–Crippen LogP) is 11.6. The van der Waals surface area contributed by atoms with Gasteiger partial charge >= 0.3 is 0 Å². The third-order valence-corrected chi connectivity index (χ3v) is 19.2. The van der Waals surface area contributed by atoms with E-state index in [0.717, 1.165) is 34.7 Å². The maximum atomic E-state index is 2.72. The molecular weight excluding hydrogens is 439 g/mol. The molecule has 0 saturated heterocycles. The van der Waals surface area contributed by atoms with Gasteiger partial charge in [0.05, 0.1) is 22.1 Å². The quantitative estimate of drug-likeness (QED) is 0.334. The Morgan fingerprint density at radius 1 is 0.343 bits per heavy atom. The zero-order valence-corrected chi connectivity index (χ0v) is 27.3. The van der Waals surface area contributed by atoms with Crippen LogP contribution in [0.2, 0.25) is 0 Å². The molecule has 3 fully saturated rings. The normalized spacial score (nSPS) is 36.0. The fourth-order valence-corrected chi connectivity index (χ4v) is 18.2. The lowest BCUT2D eigenvalue weighted by atomic mass is 9.72. The third kappa shape index (κ3) is 6.36. The third-order valence-electron chi connectivity index (χ3n) is 11.7. The zero-order valence-electron chi connectivity index (χ0n) is 26.4. The second-order valence-corrected chi connectivity index (χ2v) is 22.8. The molecule has 0 aliphatic heterocycles. The fraction of sp³-hybridized carbons (Fsp3) is 1.00. The predicted molar refractivity (Wildman–Crippen MR) is 162 cm³/mol. The van der Waals surface area contributed by atoms with E-state index in [1.807, 2.05) is 0 Å². The van der Waals surface area contributed by atoms with Gasteiger partial charge in [-0.15, -0.1) is 0 Å². The Labute approximate surface area is 223 Å². The van der Waals surface area contributed by atoms with Gasteiger partial charge in [0, 0.05) is 7.26 Å². The number of hydrogen-bond acceptors (Lipinski definition) is 0. The zero-order chi connectivity index (χ0) is 26.4. The van der Waals surface area contributed by atoms with Gasteiger partial charge in [-0.3, -0.25) is 0 Å². The summed E-state index contributed by atoms with van der Waals surface area (Å²) in [6.07, 6.45) is 18.3. The van der Waals surface area contributed by atoms with Crippen molar-refractivity contribution in [3.05, 3.63) is 0 Å². The SMILES string of the molecule is CC(C)(C)C1CCC([P+](C2CCC(C(C)(C)C)CC2)(C2CCC(C(C)(C)C)CC2)C(C)(C)C)CC1. The first-order valence-corrected chi connectivity index (χ1v) is 17.8. The van der Waals surface area contributed by atoms with Crippen molar-refractivity contribution in [2.75, 3.05) is 0 Å². The van der Waals surface area contributed by atoms with Gasteiger partial charge in [0.15, 0.2) is 0 Å². The molecule has 0 atom stereocenters. The molecule has 3 aliphatic carbocycles. The summed E-state index contributed by atoms with van der Waals surface area (Å²) in [6.45, 7) is 30.7. The van der Waals surface area contributed by atoms with Crippen LogP contribution in [0.1, 0.15) is 160 Å². The Hall–Kier alpha value is 0.430. The van der Waals surface area contributed by atoms with Crippen LogP contribution in [0, 0.1) is 34.0 Å². The molecule has 0 radical (unpaired) electrons. The molecule has 3 rings (SSSR count). The van der Waals surface area contributed by atoms with Crippen molar-refractivity contribution < 1.29 is 0 Å². The van der Waals surface area contributed by atoms with Gasteiger partial charge in [0.1, 0.15) is 0 Å². The lowest BCUT2D eigenvalue weighted by Gasteiger charge is -2.57. The van der Waals surface area contributed by atoms with Crippen molar-refractivity contribution in [3.63, 3.8) is 0 Å². The van der Waals surface area contributed by atoms with Crippen LogP contribution in [0.15, 0.2) is 0 Å². The van der Waals surface area contributed by atoms with Crippen LogP contribution in [0.4, 0.5) is 0 Å². The lowest BCUT2D eigenvalue weighted by Crippen LogP contribution is -2.47. The van der Waals surface area contributed by atoms with Crippen LogP contribution < -0.4 is 0 Å². The van der Waals surface area contributed by atoms with Gasteiger partial charge in [0.2, 0.25) is 0 Å². The van der Waals surface area contributed by atoms with Crippen LogP contribution in [0.25, 0.3) is 0 Å². The highest BCUT2D eigenvalue weighted by Gasteiger charge is 2.64. The van der Waals surface area contributed by atoms with E-state index in [9.17, 15) is 0 Å². The van der Waals surface area contributed by atoms with Gasteiger partial charge in [-0.05, 0) is 132 Å². The van der Waals surface area contributed by atoms with Crippen molar-refractivity contribution in [1.82, 2.24) is 0 Å². The lowest BCUT2D eigenvalue weighted by molar-refractivity contribution is 0.169. The van der Waals surface area contributed by atoms with Crippen molar-refractivity contribution in [3.8, 4) is 0 Å². The van der Waals surface area contributed by atoms with E-state index >= 15 is 0 Å². The highest BCUT2D eigenvalue weighted by atomic mass is 31.2. The molecule has 0 aromatic rings. The first kappa shape index (κ1) is 30.0. The summed E-state index contributed by atoms with van der Waals surface area (Å²) in [5.74, 6) is 2.82. The topological polar surface area (TPSA) is 0 Å². The summed E-state index contributed by atoms with van der Waals surface area (Å²) >= 11 is 0. The first-order valence-electron chi connectivity index (χ1n) is 15.8. The average Bonchev–Trinajstić information content (AvgIpc) is 2.72. The number of rotatable bonds is 3. The van der Waals surface area contributed by atoms with E-state index in [4.69, 9.17) is 0 Å². The molecule has 0 aromatic heterocycles. The van der Waals surface area contributed by atoms with Crippen LogP contribution in [0.5, 0.6) is 0 Å². The monoisotopic (exact) mass is 505 g/mol. The molecule has 35 heavy (non-hydrogen) atoms. The molecule has 0 heterocycles. The summed E-state index contributed by atoms with van der Waals surface area (Å²) < 4.78 is 0. The van der Waals surface area contributed by atoms with Crippen molar-refractivity contribution >= 4 is 7.26 Å². The minimum absolute atomic E-state index is 0.489. The first-order chi connectivity index (χ1) is 15.9. The largest absolute Gasteiger partial charge is 0.0723 e. The standard InChI is InChI=1S/C34H66P/c1-31(2,3)25-13-19-28(20-14-25)35(34(10,11)12,29-21-15-26(16-22-29)32(4,5)6)30-23-17-27(18-24-30)33(7,8)9/h25-30H,13-24H2,1-12H3/q+1. The van der Waals surface area contributed by atoms with Gasteiger partial charge in [-0.1, -0.05) is 62.3 Å². The molecule has 0 aromatic carbocycles. The minimum Gasteiger partial charge on any atom is -0.0599 e. The van der Waals surface area contributed by atoms with E-state index in [0.29, 0.717) is 21.4 Å². The molecule has 1 heteroatoms. The van der Waals surface area contributed by atoms with Crippen molar-refractivity contribution in [1.29, 1.82) is 0 Å². The van der Waals surface area contributed by atoms with E-state index in [-0.39, 0.29) is 0 Å². The van der Waals surface area contributed by atoms with E-state index in [1.165, 1.54) is 38.5 Å². The van der Waals surface area contributed by atoms with Crippen LogP contribution in [0.3, 0.4) is 0 Å². The molecular formula is C34H66P+. The van der Waals surface area contributed by atoms with Crippen LogP contribution in [-0.4, -0.2) is 22.1 Å². The Morgan fingerprint density at radius 3 is 0.686 bits per heavy atom.